The number of nitrogens with one attached hydrogen (secondary N) is 1. The minimum Gasteiger partial charge on any atom is -0.507 e. The van der Waals surface area contributed by atoms with Gasteiger partial charge in [0, 0.05) is 69.0 Å². The van der Waals surface area contributed by atoms with Gasteiger partial charge in [0.05, 0.1) is 30.1 Å². The molecular weight excluding hydrogens is 552 g/mol. The Balaban J connectivity index is 0.879. The van der Waals surface area contributed by atoms with Crippen molar-refractivity contribution in [2.45, 2.75) is 76.2 Å². The molecule has 2 N–H and O–H groups in total. The number of piperidine rings is 2. The van der Waals surface area contributed by atoms with Gasteiger partial charge in [-0.25, -0.2) is 0 Å². The SMILES string of the molecule is CC(C)(C)N1CCO[C@@H](CN2CCC(N3CCC(N4CCN5c6cc(-c7ccccc7O)nnc6NC[C@H]5C4)CC3)CC2)C1. The fraction of sp³-hybridized carbons (Fsp3) is 0.706. The van der Waals surface area contributed by atoms with Crippen molar-refractivity contribution in [3.05, 3.63) is 30.3 Å². The van der Waals surface area contributed by atoms with Gasteiger partial charge in [0.2, 0.25) is 0 Å². The molecule has 2 aromatic rings. The molecule has 2 atom stereocenters. The van der Waals surface area contributed by atoms with Crippen LogP contribution in [0.1, 0.15) is 46.5 Å². The number of phenols is 1. The summed E-state index contributed by atoms with van der Waals surface area (Å²) in [5.74, 6) is 1.09. The maximum Gasteiger partial charge on any atom is 0.172 e. The van der Waals surface area contributed by atoms with Crippen molar-refractivity contribution in [2.24, 2.45) is 0 Å². The maximum atomic E-state index is 10.4. The highest BCUT2D eigenvalue weighted by atomic mass is 16.5. The monoisotopic (exact) mass is 604 g/mol. The van der Waals surface area contributed by atoms with Crippen LogP contribution in [0.15, 0.2) is 30.3 Å². The van der Waals surface area contributed by atoms with E-state index in [9.17, 15) is 5.11 Å². The Kier molecular flexibility index (Phi) is 8.72. The highest BCUT2D eigenvalue weighted by molar-refractivity contribution is 5.76. The van der Waals surface area contributed by atoms with Gasteiger partial charge in [-0.2, -0.15) is 0 Å². The van der Waals surface area contributed by atoms with E-state index in [2.05, 4.69) is 66.9 Å². The van der Waals surface area contributed by atoms with Crippen molar-refractivity contribution in [1.29, 1.82) is 0 Å². The topological polar surface area (TPSA) is 83.5 Å². The summed E-state index contributed by atoms with van der Waals surface area (Å²) < 4.78 is 6.18. The quantitative estimate of drug-likeness (QED) is 0.531. The number of ether oxygens (including phenoxy) is 1. The number of nitrogens with zero attached hydrogens (tertiary/aromatic N) is 7. The number of piperazine rings is 1. The number of phenolic OH excluding ortho intramolecular Hbond substituents is 1. The van der Waals surface area contributed by atoms with Gasteiger partial charge in [0.1, 0.15) is 5.75 Å². The number of fused-ring (bicyclic) bond motifs is 3. The molecule has 0 radical (unpaired) electrons. The summed E-state index contributed by atoms with van der Waals surface area (Å²) in [6.07, 6.45) is 5.47. The van der Waals surface area contributed by atoms with Crippen LogP contribution in [0, 0.1) is 0 Å². The van der Waals surface area contributed by atoms with E-state index in [4.69, 9.17) is 4.74 Å². The third kappa shape index (κ3) is 6.42. The van der Waals surface area contributed by atoms with Crippen molar-refractivity contribution in [2.75, 3.05) is 88.8 Å². The Morgan fingerprint density at radius 3 is 2.39 bits per heavy atom. The highest BCUT2D eigenvalue weighted by Crippen LogP contribution is 2.37. The molecule has 5 aliphatic rings. The molecule has 6 heterocycles. The molecule has 4 fully saturated rings. The molecule has 0 amide bonds. The Labute approximate surface area is 263 Å². The van der Waals surface area contributed by atoms with E-state index in [1.807, 2.05) is 18.2 Å². The number of anilines is 2. The number of aromatic nitrogens is 2. The molecule has 7 rings (SSSR count). The smallest absolute Gasteiger partial charge is 0.172 e. The van der Waals surface area contributed by atoms with Crippen molar-refractivity contribution in [3.8, 4) is 17.0 Å². The third-order valence-corrected chi connectivity index (χ3v) is 10.9. The summed E-state index contributed by atoms with van der Waals surface area (Å²) in [5, 5.41) is 22.8. The lowest BCUT2D eigenvalue weighted by Crippen LogP contribution is -2.61. The van der Waals surface area contributed by atoms with Crippen LogP contribution in [0.2, 0.25) is 0 Å². The molecule has 240 valence electrons. The zero-order chi connectivity index (χ0) is 30.3. The number of hydrogen-bond donors (Lipinski definition) is 2. The lowest BCUT2D eigenvalue weighted by molar-refractivity contribution is -0.0725. The molecule has 0 saturated carbocycles. The van der Waals surface area contributed by atoms with Crippen LogP contribution < -0.4 is 10.2 Å². The number of benzene rings is 1. The van der Waals surface area contributed by atoms with E-state index in [0.29, 0.717) is 18.2 Å². The Morgan fingerprint density at radius 1 is 0.864 bits per heavy atom. The zero-order valence-corrected chi connectivity index (χ0v) is 27.0. The molecule has 10 heteroatoms. The summed E-state index contributed by atoms with van der Waals surface area (Å²) >= 11 is 0. The van der Waals surface area contributed by atoms with E-state index < -0.39 is 0 Å². The lowest BCUT2D eigenvalue weighted by Gasteiger charge is -2.50. The van der Waals surface area contributed by atoms with Gasteiger partial charge < -0.3 is 29.9 Å². The Bertz CT molecular complexity index is 1270. The van der Waals surface area contributed by atoms with Gasteiger partial charge in [0.15, 0.2) is 5.82 Å². The Hall–Kier alpha value is -2.50. The number of likely N-dealkylation sites (tertiary alicyclic amines) is 2. The lowest BCUT2D eigenvalue weighted by atomic mass is 9.95. The van der Waals surface area contributed by atoms with Crippen molar-refractivity contribution in [1.82, 2.24) is 29.8 Å². The van der Waals surface area contributed by atoms with Crippen LogP contribution >= 0.6 is 0 Å². The maximum absolute atomic E-state index is 10.4. The molecule has 0 aliphatic carbocycles. The number of para-hydroxylation sites is 1. The van der Waals surface area contributed by atoms with Gasteiger partial charge in [-0.05, 0) is 90.8 Å². The second-order valence-corrected chi connectivity index (χ2v) is 14.6. The first kappa shape index (κ1) is 30.2. The van der Waals surface area contributed by atoms with Crippen LogP contribution in [0.3, 0.4) is 0 Å². The van der Waals surface area contributed by atoms with E-state index in [-0.39, 0.29) is 11.3 Å². The average Bonchev–Trinajstić information content (AvgIpc) is 3.05. The summed E-state index contributed by atoms with van der Waals surface area (Å²) in [7, 11) is 0. The number of aromatic hydroxyl groups is 1. The first-order chi connectivity index (χ1) is 21.3. The minimum atomic E-state index is 0.223. The zero-order valence-electron chi connectivity index (χ0n) is 27.0. The highest BCUT2D eigenvalue weighted by Gasteiger charge is 2.38. The van der Waals surface area contributed by atoms with Crippen molar-refractivity contribution >= 4 is 11.5 Å². The molecule has 1 aromatic heterocycles. The molecular formula is C34H52N8O2. The van der Waals surface area contributed by atoms with E-state index in [1.165, 1.54) is 51.9 Å². The fourth-order valence-electron chi connectivity index (χ4n) is 8.28. The van der Waals surface area contributed by atoms with Crippen LogP contribution in [0.5, 0.6) is 5.75 Å². The molecule has 44 heavy (non-hydrogen) atoms. The summed E-state index contributed by atoms with van der Waals surface area (Å²) in [4.78, 5) is 13.3. The summed E-state index contributed by atoms with van der Waals surface area (Å²) in [6, 6.07) is 11.3. The van der Waals surface area contributed by atoms with Gasteiger partial charge in [0.25, 0.3) is 0 Å². The van der Waals surface area contributed by atoms with Crippen LogP contribution in [0.4, 0.5) is 11.5 Å². The number of rotatable bonds is 5. The normalized spacial score (nSPS) is 27.1. The third-order valence-electron chi connectivity index (χ3n) is 10.9. The second kappa shape index (κ2) is 12.7. The first-order valence-electron chi connectivity index (χ1n) is 17.1. The van der Waals surface area contributed by atoms with Crippen LogP contribution in [0.25, 0.3) is 11.3 Å². The summed E-state index contributed by atoms with van der Waals surface area (Å²) in [5.41, 5.74) is 2.78. The van der Waals surface area contributed by atoms with Gasteiger partial charge >= 0.3 is 0 Å². The number of morpholine rings is 1. The van der Waals surface area contributed by atoms with E-state index in [1.54, 1.807) is 6.07 Å². The number of hydrogen-bond acceptors (Lipinski definition) is 10. The molecule has 1 aromatic carbocycles. The molecule has 4 saturated heterocycles. The van der Waals surface area contributed by atoms with Gasteiger partial charge in [-0.15, -0.1) is 10.2 Å². The predicted octanol–water partition coefficient (Wildman–Crippen LogP) is 3.19. The van der Waals surface area contributed by atoms with Gasteiger partial charge in [-0.3, -0.25) is 9.80 Å². The fourth-order valence-corrected chi connectivity index (χ4v) is 8.28. The largest absolute Gasteiger partial charge is 0.507 e. The van der Waals surface area contributed by atoms with Crippen LogP contribution in [-0.4, -0.2) is 143 Å². The van der Waals surface area contributed by atoms with Crippen LogP contribution in [-0.2, 0) is 4.74 Å². The molecule has 5 aliphatic heterocycles. The summed E-state index contributed by atoms with van der Waals surface area (Å²) in [6.45, 7) is 19.9. The minimum absolute atomic E-state index is 0.223. The van der Waals surface area contributed by atoms with E-state index >= 15 is 0 Å². The Morgan fingerprint density at radius 2 is 1.61 bits per heavy atom. The standard InChI is InChI=1S/C34H52N8O2/c1-34(2,3)41-18-19-44-28(24-41)23-38-12-8-25(9-13-38)39-14-10-26(11-15-39)40-16-17-42-27(22-40)21-35-33-31(42)20-30(36-37-33)29-6-4-5-7-32(29)43/h4-7,20,25-28,43H,8-19,21-24H2,1-3H3,(H,35,37)/t27-,28-/m0/s1. The molecule has 0 bridgehead atoms. The van der Waals surface area contributed by atoms with Crippen molar-refractivity contribution in [3.63, 3.8) is 0 Å². The first-order valence-corrected chi connectivity index (χ1v) is 17.1. The predicted molar refractivity (Wildman–Crippen MR) is 175 cm³/mol. The molecule has 0 spiro atoms. The van der Waals surface area contributed by atoms with E-state index in [0.717, 1.165) is 81.2 Å². The van der Waals surface area contributed by atoms with Gasteiger partial charge in [-0.1, -0.05) is 12.1 Å². The molecule has 0 unspecified atom stereocenters. The average molecular weight is 605 g/mol. The second-order valence-electron chi connectivity index (χ2n) is 14.6. The molecule has 10 nitrogen and oxygen atoms in total. The van der Waals surface area contributed by atoms with Crippen molar-refractivity contribution < 1.29 is 9.84 Å².